The van der Waals surface area contributed by atoms with Gasteiger partial charge in [0.1, 0.15) is 5.75 Å². The molecule has 0 aliphatic carbocycles. The second-order valence-electron chi connectivity index (χ2n) is 3.43. The largest absolute Gasteiger partial charge is 0.496 e. The van der Waals surface area contributed by atoms with E-state index in [4.69, 9.17) is 24.9 Å². The van der Waals surface area contributed by atoms with Crippen LogP contribution in [0.1, 0.15) is 12.5 Å². The van der Waals surface area contributed by atoms with Gasteiger partial charge in [-0.15, -0.1) is 0 Å². The molecule has 0 fully saturated rings. The van der Waals surface area contributed by atoms with E-state index in [-0.39, 0.29) is 5.75 Å². The average Bonchev–Trinajstić information content (AvgIpc) is 2.28. The first-order valence-corrected chi connectivity index (χ1v) is 7.69. The maximum atomic E-state index is 11.1. The van der Waals surface area contributed by atoms with Crippen molar-refractivity contribution in [1.29, 1.82) is 0 Å². The van der Waals surface area contributed by atoms with Crippen molar-refractivity contribution < 1.29 is 22.6 Å². The van der Waals surface area contributed by atoms with Crippen LogP contribution < -0.4 is 14.2 Å². The van der Waals surface area contributed by atoms with E-state index < -0.39 is 9.05 Å². The van der Waals surface area contributed by atoms with E-state index in [1.807, 2.05) is 6.92 Å². The van der Waals surface area contributed by atoms with Crippen LogP contribution in [0.3, 0.4) is 0 Å². The third-order valence-electron chi connectivity index (χ3n) is 2.19. The van der Waals surface area contributed by atoms with Gasteiger partial charge in [0.2, 0.25) is 9.05 Å². The molecule has 102 valence electrons. The molecule has 0 unspecified atom stereocenters. The zero-order valence-electron chi connectivity index (χ0n) is 10.4. The second kappa shape index (κ2) is 6.15. The fourth-order valence-electron chi connectivity index (χ4n) is 1.50. The van der Waals surface area contributed by atoms with Crippen molar-refractivity contribution in [2.75, 3.05) is 20.8 Å². The minimum absolute atomic E-state index is 0.332. The fourth-order valence-corrected chi connectivity index (χ4v) is 2.45. The number of hydrogen-bond donors (Lipinski definition) is 0. The Morgan fingerprint density at radius 3 is 2.17 bits per heavy atom. The van der Waals surface area contributed by atoms with Crippen LogP contribution in [0.5, 0.6) is 17.2 Å². The van der Waals surface area contributed by atoms with Gasteiger partial charge in [-0.05, 0) is 13.0 Å². The van der Waals surface area contributed by atoms with E-state index in [9.17, 15) is 8.42 Å². The number of halogens is 1. The summed E-state index contributed by atoms with van der Waals surface area (Å²) in [7, 11) is 4.52. The molecule has 7 heteroatoms. The first-order chi connectivity index (χ1) is 8.41. The van der Waals surface area contributed by atoms with Crippen LogP contribution in [-0.2, 0) is 14.8 Å². The molecule has 0 heterocycles. The van der Waals surface area contributed by atoms with E-state index in [1.165, 1.54) is 14.2 Å². The van der Waals surface area contributed by atoms with Crippen LogP contribution in [0.2, 0.25) is 0 Å². The van der Waals surface area contributed by atoms with Gasteiger partial charge in [-0.1, -0.05) is 0 Å². The Kier molecular flexibility index (Phi) is 5.10. The number of benzene rings is 1. The minimum Gasteiger partial charge on any atom is -0.496 e. The Bertz CT molecular complexity index is 512. The smallest absolute Gasteiger partial charge is 0.236 e. The summed E-state index contributed by atoms with van der Waals surface area (Å²) in [5.41, 5.74) is 0.428. The molecule has 5 nitrogen and oxygen atoms in total. The van der Waals surface area contributed by atoms with Gasteiger partial charge in [0.25, 0.3) is 0 Å². The van der Waals surface area contributed by atoms with Crippen molar-refractivity contribution in [2.24, 2.45) is 0 Å². The summed E-state index contributed by atoms with van der Waals surface area (Å²) in [6, 6.07) is 3.13. The van der Waals surface area contributed by atoms with E-state index >= 15 is 0 Å². The molecule has 0 saturated heterocycles. The summed E-state index contributed by atoms with van der Waals surface area (Å²) in [5, 5.41) is 0. The first-order valence-electron chi connectivity index (χ1n) is 5.21. The van der Waals surface area contributed by atoms with Gasteiger partial charge < -0.3 is 14.2 Å². The van der Waals surface area contributed by atoms with Crippen molar-refractivity contribution in [2.45, 2.75) is 12.7 Å². The van der Waals surface area contributed by atoms with Gasteiger partial charge in [-0.25, -0.2) is 8.42 Å². The number of methoxy groups -OCH3 is 2. The van der Waals surface area contributed by atoms with Crippen LogP contribution in [0.4, 0.5) is 0 Å². The van der Waals surface area contributed by atoms with E-state index in [0.29, 0.717) is 29.4 Å². The Labute approximate surface area is 111 Å². The van der Waals surface area contributed by atoms with Crippen LogP contribution in [-0.4, -0.2) is 29.2 Å². The van der Waals surface area contributed by atoms with Gasteiger partial charge in [0, 0.05) is 22.3 Å². The Morgan fingerprint density at radius 2 is 1.72 bits per heavy atom. The van der Waals surface area contributed by atoms with Crippen LogP contribution in [0.25, 0.3) is 0 Å². The zero-order chi connectivity index (χ0) is 13.8. The molecule has 0 aliphatic heterocycles. The summed E-state index contributed by atoms with van der Waals surface area (Å²) in [6.45, 7) is 2.26. The molecule has 0 amide bonds. The highest BCUT2D eigenvalue weighted by Gasteiger charge is 2.16. The Hall–Kier alpha value is -1.14. The molecule has 1 aromatic carbocycles. The van der Waals surface area contributed by atoms with Crippen molar-refractivity contribution in [3.63, 3.8) is 0 Å². The quantitative estimate of drug-likeness (QED) is 0.753. The minimum atomic E-state index is -3.67. The van der Waals surface area contributed by atoms with Crippen molar-refractivity contribution >= 4 is 19.7 Å². The Balaban J connectivity index is 3.26. The lowest BCUT2D eigenvalue weighted by atomic mass is 10.2. The standard InChI is InChI=1S/C11H15ClO5S/c1-4-17-11-5-8(7-18(12,13)14)9(15-2)6-10(11)16-3/h5-6H,4,7H2,1-3H3. The summed E-state index contributed by atoms with van der Waals surface area (Å²) < 4.78 is 37.9. The predicted molar refractivity (Wildman–Crippen MR) is 69.2 cm³/mol. The summed E-state index contributed by atoms with van der Waals surface area (Å²) in [5.74, 6) is 0.988. The highest BCUT2D eigenvalue weighted by Crippen LogP contribution is 2.36. The molecule has 0 atom stereocenters. The molecule has 0 radical (unpaired) electrons. The maximum Gasteiger partial charge on any atom is 0.236 e. The highest BCUT2D eigenvalue weighted by molar-refractivity contribution is 8.13. The van der Waals surface area contributed by atoms with Gasteiger partial charge in [-0.2, -0.15) is 0 Å². The van der Waals surface area contributed by atoms with E-state index in [1.54, 1.807) is 12.1 Å². The molecule has 0 spiro atoms. The fraction of sp³-hybridized carbons (Fsp3) is 0.455. The predicted octanol–water partition coefficient (Wildman–Crippen LogP) is 2.17. The number of hydrogen-bond acceptors (Lipinski definition) is 5. The molecule has 0 N–H and O–H groups in total. The molecule has 0 saturated carbocycles. The first kappa shape index (κ1) is 14.9. The molecular weight excluding hydrogens is 280 g/mol. The molecule has 1 rings (SSSR count). The number of ether oxygens (including phenoxy) is 3. The molecule has 0 aromatic heterocycles. The lowest BCUT2D eigenvalue weighted by Gasteiger charge is -2.14. The van der Waals surface area contributed by atoms with Crippen molar-refractivity contribution in [1.82, 2.24) is 0 Å². The van der Waals surface area contributed by atoms with Gasteiger partial charge in [-0.3, -0.25) is 0 Å². The van der Waals surface area contributed by atoms with Gasteiger partial charge >= 0.3 is 0 Å². The summed E-state index contributed by atoms with van der Waals surface area (Å²) in [6.07, 6.45) is 0. The topological polar surface area (TPSA) is 61.8 Å². The molecule has 0 bridgehead atoms. The van der Waals surface area contributed by atoms with E-state index in [2.05, 4.69) is 0 Å². The van der Waals surface area contributed by atoms with Gasteiger partial charge in [0.05, 0.1) is 26.6 Å². The normalized spacial score (nSPS) is 11.1. The van der Waals surface area contributed by atoms with Crippen molar-refractivity contribution in [3.8, 4) is 17.2 Å². The average molecular weight is 295 g/mol. The highest BCUT2D eigenvalue weighted by atomic mass is 35.7. The monoisotopic (exact) mass is 294 g/mol. The molecule has 1 aromatic rings. The number of rotatable bonds is 6. The van der Waals surface area contributed by atoms with E-state index in [0.717, 1.165) is 0 Å². The molecule has 18 heavy (non-hydrogen) atoms. The molecule has 0 aliphatic rings. The lowest BCUT2D eigenvalue weighted by molar-refractivity contribution is 0.308. The zero-order valence-corrected chi connectivity index (χ0v) is 12.0. The van der Waals surface area contributed by atoms with Crippen LogP contribution in [0.15, 0.2) is 12.1 Å². The summed E-state index contributed by atoms with van der Waals surface area (Å²) in [4.78, 5) is 0. The maximum absolute atomic E-state index is 11.1. The van der Waals surface area contributed by atoms with Crippen LogP contribution >= 0.6 is 10.7 Å². The Morgan fingerprint density at radius 1 is 1.11 bits per heavy atom. The van der Waals surface area contributed by atoms with Crippen molar-refractivity contribution in [3.05, 3.63) is 17.7 Å². The lowest BCUT2D eigenvalue weighted by Crippen LogP contribution is -2.02. The summed E-state index contributed by atoms with van der Waals surface area (Å²) >= 11 is 0. The molecular formula is C11H15ClO5S. The van der Waals surface area contributed by atoms with Crippen LogP contribution in [0, 0.1) is 0 Å². The SMILES string of the molecule is CCOc1cc(CS(=O)(=O)Cl)c(OC)cc1OC. The third kappa shape index (κ3) is 3.96. The third-order valence-corrected chi connectivity index (χ3v) is 3.18. The second-order valence-corrected chi connectivity index (χ2v) is 6.21. The van der Waals surface area contributed by atoms with Gasteiger partial charge in [0.15, 0.2) is 11.5 Å².